The molecule has 1 amide bonds. The van der Waals surface area contributed by atoms with Crippen LogP contribution in [0.3, 0.4) is 0 Å². The molecule has 0 heterocycles. The molecule has 0 radical (unpaired) electrons. The largest absolute Gasteiger partial charge is 0.478 e. The van der Waals surface area contributed by atoms with E-state index >= 15 is 0 Å². The minimum Gasteiger partial charge on any atom is -0.478 e. The molecule has 0 unspecified atom stereocenters. The molecular formula is C12H13Cl2NO3. The molecule has 1 aromatic carbocycles. The molecule has 0 saturated carbocycles. The summed E-state index contributed by atoms with van der Waals surface area (Å²) in [5.41, 5.74) is -0.133. The fraction of sp³-hybridized carbons (Fsp3) is 0.333. The highest BCUT2D eigenvalue weighted by Crippen LogP contribution is 2.32. The van der Waals surface area contributed by atoms with Gasteiger partial charge in [-0.05, 0) is 18.6 Å². The van der Waals surface area contributed by atoms with Crippen LogP contribution in [-0.2, 0) is 4.79 Å². The van der Waals surface area contributed by atoms with E-state index in [0.29, 0.717) is 6.42 Å². The summed E-state index contributed by atoms with van der Waals surface area (Å²) in [6.45, 7) is 1.96. The number of amides is 1. The van der Waals surface area contributed by atoms with E-state index in [1.807, 2.05) is 6.92 Å². The zero-order valence-electron chi connectivity index (χ0n) is 9.80. The van der Waals surface area contributed by atoms with E-state index in [9.17, 15) is 9.59 Å². The lowest BCUT2D eigenvalue weighted by molar-refractivity contribution is -0.116. The van der Waals surface area contributed by atoms with Crippen molar-refractivity contribution in [2.45, 2.75) is 26.2 Å². The maximum atomic E-state index is 11.6. The van der Waals surface area contributed by atoms with Crippen LogP contribution in [0.5, 0.6) is 0 Å². The van der Waals surface area contributed by atoms with Crippen molar-refractivity contribution in [3.05, 3.63) is 27.7 Å². The van der Waals surface area contributed by atoms with E-state index in [0.717, 1.165) is 12.8 Å². The number of hydrogen-bond acceptors (Lipinski definition) is 2. The van der Waals surface area contributed by atoms with E-state index in [2.05, 4.69) is 5.32 Å². The molecule has 0 aliphatic rings. The lowest BCUT2D eigenvalue weighted by atomic mass is 10.1. The minimum absolute atomic E-state index is 0.0395. The number of anilines is 1. The third kappa shape index (κ3) is 3.62. The zero-order valence-corrected chi connectivity index (χ0v) is 11.3. The molecule has 0 saturated heterocycles. The van der Waals surface area contributed by atoms with E-state index in [-0.39, 0.29) is 27.2 Å². The Balaban J connectivity index is 3.03. The van der Waals surface area contributed by atoms with Gasteiger partial charge in [0.05, 0.1) is 15.7 Å². The number of unbranched alkanes of at least 4 members (excludes halogenated alkanes) is 1. The van der Waals surface area contributed by atoms with Crippen molar-refractivity contribution in [3.63, 3.8) is 0 Å². The molecule has 1 rings (SSSR count). The van der Waals surface area contributed by atoms with Crippen molar-refractivity contribution in [2.24, 2.45) is 0 Å². The van der Waals surface area contributed by atoms with Crippen LogP contribution in [0, 0.1) is 0 Å². The average molecular weight is 290 g/mol. The van der Waals surface area contributed by atoms with Gasteiger partial charge >= 0.3 is 5.97 Å². The summed E-state index contributed by atoms with van der Waals surface area (Å²) in [4.78, 5) is 22.7. The van der Waals surface area contributed by atoms with Gasteiger partial charge in [-0.1, -0.05) is 36.5 Å². The van der Waals surface area contributed by atoms with Gasteiger partial charge in [-0.2, -0.15) is 0 Å². The number of carbonyl (C=O) groups is 2. The van der Waals surface area contributed by atoms with E-state index in [1.54, 1.807) is 0 Å². The van der Waals surface area contributed by atoms with E-state index in [4.69, 9.17) is 28.3 Å². The SMILES string of the molecule is CCCCC(=O)Nc1c(Cl)ccc(Cl)c1C(=O)O. The fourth-order valence-electron chi connectivity index (χ4n) is 1.42. The lowest BCUT2D eigenvalue weighted by Gasteiger charge is -2.11. The lowest BCUT2D eigenvalue weighted by Crippen LogP contribution is -2.15. The van der Waals surface area contributed by atoms with Crippen LogP contribution in [-0.4, -0.2) is 17.0 Å². The summed E-state index contributed by atoms with van der Waals surface area (Å²) in [6.07, 6.45) is 1.92. The Morgan fingerprint density at radius 1 is 1.28 bits per heavy atom. The Morgan fingerprint density at radius 2 is 1.89 bits per heavy atom. The molecule has 18 heavy (non-hydrogen) atoms. The fourth-order valence-corrected chi connectivity index (χ4v) is 1.87. The number of hydrogen-bond donors (Lipinski definition) is 2. The van der Waals surface area contributed by atoms with Gasteiger partial charge in [-0.25, -0.2) is 4.79 Å². The molecule has 0 bridgehead atoms. The summed E-state index contributed by atoms with van der Waals surface area (Å²) >= 11 is 11.7. The predicted octanol–water partition coefficient (Wildman–Crippen LogP) is 3.82. The predicted molar refractivity (Wildman–Crippen MR) is 71.6 cm³/mol. The Labute approximate surface area is 115 Å². The highest BCUT2D eigenvalue weighted by atomic mass is 35.5. The number of carbonyl (C=O) groups excluding carboxylic acids is 1. The maximum Gasteiger partial charge on any atom is 0.339 e. The third-order valence-electron chi connectivity index (χ3n) is 2.34. The van der Waals surface area contributed by atoms with Crippen molar-refractivity contribution < 1.29 is 14.7 Å². The Kier molecular flexibility index (Phi) is 5.44. The smallest absolute Gasteiger partial charge is 0.339 e. The van der Waals surface area contributed by atoms with Gasteiger partial charge in [0.1, 0.15) is 5.56 Å². The molecule has 6 heteroatoms. The number of carboxylic acid groups (broad SMARTS) is 1. The first-order chi connectivity index (χ1) is 8.47. The Morgan fingerprint density at radius 3 is 2.44 bits per heavy atom. The van der Waals surface area contributed by atoms with E-state index < -0.39 is 5.97 Å². The van der Waals surface area contributed by atoms with Gasteiger partial charge in [0.2, 0.25) is 5.91 Å². The van der Waals surface area contributed by atoms with Crippen molar-refractivity contribution in [1.82, 2.24) is 0 Å². The Hall–Kier alpha value is -1.26. The van der Waals surface area contributed by atoms with Gasteiger partial charge in [0, 0.05) is 6.42 Å². The van der Waals surface area contributed by atoms with Crippen molar-refractivity contribution in [1.29, 1.82) is 0 Å². The highest BCUT2D eigenvalue weighted by molar-refractivity contribution is 6.38. The van der Waals surface area contributed by atoms with Crippen LogP contribution in [0.15, 0.2) is 12.1 Å². The second-order valence-electron chi connectivity index (χ2n) is 3.74. The summed E-state index contributed by atoms with van der Waals surface area (Å²) < 4.78 is 0. The number of benzene rings is 1. The van der Waals surface area contributed by atoms with Gasteiger partial charge in [-0.15, -0.1) is 0 Å². The molecule has 2 N–H and O–H groups in total. The first-order valence-corrected chi connectivity index (χ1v) is 6.24. The topological polar surface area (TPSA) is 66.4 Å². The highest BCUT2D eigenvalue weighted by Gasteiger charge is 2.19. The van der Waals surface area contributed by atoms with Crippen molar-refractivity contribution in [2.75, 3.05) is 5.32 Å². The second kappa shape index (κ2) is 6.61. The zero-order chi connectivity index (χ0) is 13.7. The summed E-state index contributed by atoms with van der Waals surface area (Å²) in [6, 6.07) is 2.83. The van der Waals surface area contributed by atoms with Crippen molar-refractivity contribution in [3.8, 4) is 0 Å². The van der Waals surface area contributed by atoms with Gasteiger partial charge in [-0.3, -0.25) is 4.79 Å². The molecule has 0 aliphatic carbocycles. The molecule has 4 nitrogen and oxygen atoms in total. The summed E-state index contributed by atoms with van der Waals surface area (Å²) in [7, 11) is 0. The number of aromatic carboxylic acids is 1. The standard InChI is InChI=1S/C12H13Cl2NO3/c1-2-3-4-9(16)15-11-8(14)6-5-7(13)10(11)12(17)18/h5-6H,2-4H2,1H3,(H,15,16)(H,17,18). The van der Waals surface area contributed by atoms with Crippen LogP contribution in [0.1, 0.15) is 36.5 Å². The number of carboxylic acids is 1. The third-order valence-corrected chi connectivity index (χ3v) is 2.97. The van der Waals surface area contributed by atoms with Crippen LogP contribution in [0.4, 0.5) is 5.69 Å². The first kappa shape index (κ1) is 14.8. The minimum atomic E-state index is -1.23. The van der Waals surface area contributed by atoms with E-state index in [1.165, 1.54) is 12.1 Å². The molecule has 0 fully saturated rings. The quantitative estimate of drug-likeness (QED) is 0.866. The van der Waals surface area contributed by atoms with Crippen molar-refractivity contribution >= 4 is 40.8 Å². The second-order valence-corrected chi connectivity index (χ2v) is 4.55. The van der Waals surface area contributed by atoms with Gasteiger partial charge < -0.3 is 10.4 Å². The van der Waals surface area contributed by atoms with Crippen LogP contribution in [0.2, 0.25) is 10.0 Å². The summed E-state index contributed by atoms with van der Waals surface area (Å²) in [5.74, 6) is -1.50. The van der Waals surface area contributed by atoms with Crippen LogP contribution < -0.4 is 5.32 Å². The number of nitrogens with one attached hydrogen (secondary N) is 1. The average Bonchev–Trinajstić information content (AvgIpc) is 2.30. The molecule has 0 spiro atoms. The van der Waals surface area contributed by atoms with Gasteiger partial charge in [0.25, 0.3) is 0 Å². The molecule has 98 valence electrons. The molecule has 0 atom stereocenters. The monoisotopic (exact) mass is 289 g/mol. The Bertz CT molecular complexity index is 475. The molecule has 0 aromatic heterocycles. The molecule has 0 aliphatic heterocycles. The molecule has 1 aromatic rings. The van der Waals surface area contributed by atoms with Crippen LogP contribution >= 0.6 is 23.2 Å². The van der Waals surface area contributed by atoms with Crippen LogP contribution in [0.25, 0.3) is 0 Å². The number of halogens is 2. The van der Waals surface area contributed by atoms with Gasteiger partial charge in [0.15, 0.2) is 0 Å². The molecular weight excluding hydrogens is 277 g/mol. The normalized spacial score (nSPS) is 10.2. The maximum absolute atomic E-state index is 11.6. The first-order valence-electron chi connectivity index (χ1n) is 5.48. The summed E-state index contributed by atoms with van der Waals surface area (Å²) in [5, 5.41) is 11.8. The number of rotatable bonds is 5.